The number of ether oxygens (including phenoxy) is 1. The second-order valence-electron chi connectivity index (χ2n) is 5.30. The fourth-order valence-electron chi connectivity index (χ4n) is 2.42. The maximum atomic E-state index is 12.3. The van der Waals surface area contributed by atoms with E-state index in [1.807, 2.05) is 0 Å². The molecular weight excluding hydrogens is 360 g/mol. The number of anilines is 1. The lowest BCUT2D eigenvalue weighted by atomic mass is 10.1. The SMILES string of the molecule is COCCNc1nnc(SCCCN2C(=O)c3ccccc3C2=O)s1. The number of hydrogen-bond donors (Lipinski definition) is 1. The van der Waals surface area contributed by atoms with Crippen LogP contribution < -0.4 is 5.32 Å². The van der Waals surface area contributed by atoms with Crippen molar-refractivity contribution in [2.45, 2.75) is 10.8 Å². The molecule has 0 saturated heterocycles. The van der Waals surface area contributed by atoms with Gasteiger partial charge in [-0.25, -0.2) is 0 Å². The molecule has 0 unspecified atom stereocenters. The van der Waals surface area contributed by atoms with Crippen LogP contribution in [-0.4, -0.2) is 59.5 Å². The van der Waals surface area contributed by atoms with Gasteiger partial charge in [0.05, 0.1) is 17.7 Å². The number of aromatic nitrogens is 2. The van der Waals surface area contributed by atoms with E-state index >= 15 is 0 Å². The molecule has 2 amide bonds. The molecule has 0 atom stereocenters. The molecule has 1 aromatic carbocycles. The number of nitrogens with one attached hydrogen (secondary N) is 1. The Morgan fingerprint density at radius 1 is 1.20 bits per heavy atom. The van der Waals surface area contributed by atoms with Crippen LogP contribution in [0.5, 0.6) is 0 Å². The van der Waals surface area contributed by atoms with Crippen molar-refractivity contribution in [2.24, 2.45) is 0 Å². The average Bonchev–Trinajstić information content (AvgIpc) is 3.17. The standard InChI is InChI=1S/C16H18N4O3S2/c1-23-9-7-17-15-18-19-16(25-15)24-10-4-8-20-13(21)11-5-2-3-6-12(11)14(20)22/h2-3,5-6H,4,7-10H2,1H3,(H,17,18). The van der Waals surface area contributed by atoms with E-state index in [1.54, 1.807) is 43.1 Å². The van der Waals surface area contributed by atoms with Crippen molar-refractivity contribution < 1.29 is 14.3 Å². The summed E-state index contributed by atoms with van der Waals surface area (Å²) < 4.78 is 5.83. The fraction of sp³-hybridized carbons (Fsp3) is 0.375. The van der Waals surface area contributed by atoms with Gasteiger partial charge < -0.3 is 10.1 Å². The predicted molar refractivity (Wildman–Crippen MR) is 97.4 cm³/mol. The minimum Gasteiger partial charge on any atom is -0.383 e. The maximum Gasteiger partial charge on any atom is 0.261 e. The molecule has 7 nitrogen and oxygen atoms in total. The summed E-state index contributed by atoms with van der Waals surface area (Å²) in [4.78, 5) is 25.8. The largest absolute Gasteiger partial charge is 0.383 e. The highest BCUT2D eigenvalue weighted by atomic mass is 32.2. The number of carbonyl (C=O) groups is 2. The number of benzene rings is 1. The van der Waals surface area contributed by atoms with Gasteiger partial charge in [0.1, 0.15) is 0 Å². The van der Waals surface area contributed by atoms with Crippen molar-refractivity contribution in [2.75, 3.05) is 37.9 Å². The smallest absolute Gasteiger partial charge is 0.261 e. The summed E-state index contributed by atoms with van der Waals surface area (Å²) in [6.07, 6.45) is 0.710. The van der Waals surface area contributed by atoms with Gasteiger partial charge in [-0.1, -0.05) is 35.2 Å². The number of fused-ring (bicyclic) bond motifs is 1. The highest BCUT2D eigenvalue weighted by Crippen LogP contribution is 2.27. The van der Waals surface area contributed by atoms with Gasteiger partial charge in [-0.05, 0) is 18.6 Å². The lowest BCUT2D eigenvalue weighted by Crippen LogP contribution is -2.30. The normalized spacial score (nSPS) is 13.4. The monoisotopic (exact) mass is 378 g/mol. The van der Waals surface area contributed by atoms with Crippen LogP contribution in [0, 0.1) is 0 Å². The van der Waals surface area contributed by atoms with Crippen LogP contribution in [0.4, 0.5) is 5.13 Å². The van der Waals surface area contributed by atoms with E-state index in [0.29, 0.717) is 37.2 Å². The van der Waals surface area contributed by atoms with Crippen molar-refractivity contribution in [1.29, 1.82) is 0 Å². The van der Waals surface area contributed by atoms with Gasteiger partial charge >= 0.3 is 0 Å². The van der Waals surface area contributed by atoms with Gasteiger partial charge in [0.25, 0.3) is 11.8 Å². The number of thioether (sulfide) groups is 1. The Balaban J connectivity index is 1.44. The van der Waals surface area contributed by atoms with Crippen molar-refractivity contribution in [3.63, 3.8) is 0 Å². The van der Waals surface area contributed by atoms with Gasteiger partial charge in [0.15, 0.2) is 4.34 Å². The first-order chi connectivity index (χ1) is 12.2. The average molecular weight is 378 g/mol. The Hall–Kier alpha value is -1.97. The number of nitrogens with zero attached hydrogens (tertiary/aromatic N) is 3. The predicted octanol–water partition coefficient (Wildman–Crippen LogP) is 2.37. The molecule has 2 heterocycles. The third-order valence-electron chi connectivity index (χ3n) is 3.62. The molecule has 0 fully saturated rings. The van der Waals surface area contributed by atoms with E-state index < -0.39 is 0 Å². The Morgan fingerprint density at radius 2 is 1.92 bits per heavy atom. The van der Waals surface area contributed by atoms with E-state index in [9.17, 15) is 9.59 Å². The zero-order valence-corrected chi connectivity index (χ0v) is 15.4. The molecule has 3 rings (SSSR count). The summed E-state index contributed by atoms with van der Waals surface area (Å²) in [7, 11) is 1.65. The van der Waals surface area contributed by atoms with Crippen LogP contribution in [0.15, 0.2) is 28.6 Å². The number of imide groups is 1. The lowest BCUT2D eigenvalue weighted by Gasteiger charge is -2.12. The van der Waals surface area contributed by atoms with Crippen molar-refractivity contribution in [1.82, 2.24) is 15.1 Å². The molecule has 0 aliphatic carbocycles. The Kier molecular flexibility index (Phi) is 6.00. The molecule has 1 aliphatic rings. The summed E-state index contributed by atoms with van der Waals surface area (Å²) >= 11 is 3.06. The van der Waals surface area contributed by atoms with Crippen LogP contribution >= 0.6 is 23.1 Å². The summed E-state index contributed by atoms with van der Waals surface area (Å²) in [6.45, 7) is 1.72. The number of carbonyl (C=O) groups excluding carboxylic acids is 2. The van der Waals surface area contributed by atoms with E-state index in [1.165, 1.54) is 16.2 Å². The first-order valence-corrected chi connectivity index (χ1v) is 9.65. The van der Waals surface area contributed by atoms with Crippen LogP contribution in [0.25, 0.3) is 0 Å². The Morgan fingerprint density at radius 3 is 2.60 bits per heavy atom. The maximum absolute atomic E-state index is 12.3. The van der Waals surface area contributed by atoms with Crippen LogP contribution in [-0.2, 0) is 4.74 Å². The van der Waals surface area contributed by atoms with Crippen LogP contribution in [0.3, 0.4) is 0 Å². The Labute approximate surface area is 153 Å². The number of rotatable bonds is 9. The van der Waals surface area contributed by atoms with Crippen LogP contribution in [0.2, 0.25) is 0 Å². The first-order valence-electron chi connectivity index (χ1n) is 7.85. The number of amides is 2. The molecule has 1 aromatic heterocycles. The molecular formula is C16H18N4O3S2. The van der Waals surface area contributed by atoms with Gasteiger partial charge in [0, 0.05) is 26.0 Å². The topological polar surface area (TPSA) is 84.4 Å². The van der Waals surface area contributed by atoms with Crippen molar-refractivity contribution in [3.05, 3.63) is 35.4 Å². The third kappa shape index (κ3) is 4.17. The molecule has 132 valence electrons. The van der Waals surface area contributed by atoms with Gasteiger partial charge in [0.2, 0.25) is 5.13 Å². The molecule has 1 aliphatic heterocycles. The number of methoxy groups -OCH3 is 1. The zero-order chi connectivity index (χ0) is 17.6. The second kappa shape index (κ2) is 8.41. The highest BCUT2D eigenvalue weighted by molar-refractivity contribution is 8.01. The molecule has 0 spiro atoms. The van der Waals surface area contributed by atoms with Crippen LogP contribution in [0.1, 0.15) is 27.1 Å². The third-order valence-corrected chi connectivity index (χ3v) is 5.72. The summed E-state index contributed by atoms with van der Waals surface area (Å²) in [6, 6.07) is 6.95. The molecule has 0 radical (unpaired) electrons. The molecule has 2 aromatic rings. The van der Waals surface area contributed by atoms with Gasteiger partial charge in [-0.3, -0.25) is 14.5 Å². The van der Waals surface area contributed by atoms with E-state index in [-0.39, 0.29) is 11.8 Å². The highest BCUT2D eigenvalue weighted by Gasteiger charge is 2.34. The van der Waals surface area contributed by atoms with E-state index in [0.717, 1.165) is 15.2 Å². The summed E-state index contributed by atoms with van der Waals surface area (Å²) in [5, 5.41) is 12.1. The fourth-order valence-corrected chi connectivity index (χ4v) is 4.20. The zero-order valence-electron chi connectivity index (χ0n) is 13.7. The second-order valence-corrected chi connectivity index (χ2v) is 7.62. The minimum atomic E-state index is -0.203. The first kappa shape index (κ1) is 17.8. The number of hydrogen-bond acceptors (Lipinski definition) is 8. The summed E-state index contributed by atoms with van der Waals surface area (Å²) in [5.41, 5.74) is 0.993. The molecule has 0 saturated carbocycles. The van der Waals surface area contributed by atoms with E-state index in [2.05, 4.69) is 15.5 Å². The molecule has 25 heavy (non-hydrogen) atoms. The van der Waals surface area contributed by atoms with Crippen molar-refractivity contribution in [3.8, 4) is 0 Å². The van der Waals surface area contributed by atoms with E-state index in [4.69, 9.17) is 4.74 Å². The molecule has 1 N–H and O–H groups in total. The quantitative estimate of drug-likeness (QED) is 0.407. The summed E-state index contributed by atoms with van der Waals surface area (Å²) in [5.74, 6) is 0.359. The minimum absolute atomic E-state index is 0.203. The van der Waals surface area contributed by atoms with Gasteiger partial charge in [-0.15, -0.1) is 10.2 Å². The molecule has 0 bridgehead atoms. The van der Waals surface area contributed by atoms with Crippen molar-refractivity contribution >= 4 is 40.0 Å². The Bertz CT molecular complexity index is 730. The lowest BCUT2D eigenvalue weighted by molar-refractivity contribution is 0.0655. The molecule has 9 heteroatoms. The van der Waals surface area contributed by atoms with Gasteiger partial charge in [-0.2, -0.15) is 0 Å².